The van der Waals surface area contributed by atoms with E-state index in [1.165, 1.54) is 80.6 Å². The summed E-state index contributed by atoms with van der Waals surface area (Å²) in [6.45, 7) is 30.9. The molecule has 0 N–H and O–H groups in total. The van der Waals surface area contributed by atoms with Crippen molar-refractivity contribution in [3.05, 3.63) is 41.2 Å². The minimum absolute atomic E-state index is 0.516. The van der Waals surface area contributed by atoms with E-state index in [1.807, 2.05) is 0 Å². The largest absolute Gasteiger partial charge is 0.354 e. The Kier molecular flexibility index (Phi) is 28.7. The van der Waals surface area contributed by atoms with E-state index in [9.17, 15) is 0 Å². The third-order valence-corrected chi connectivity index (χ3v) is 6.53. The van der Waals surface area contributed by atoms with Gasteiger partial charge in [0.2, 0.25) is 0 Å². The maximum atomic E-state index is 4.57. The predicted octanol–water partition coefficient (Wildman–Crippen LogP) is 12.5. The maximum Gasteiger partial charge on any atom is 0.111 e. The van der Waals surface area contributed by atoms with Gasteiger partial charge in [-0.15, -0.1) is 0 Å². The lowest BCUT2D eigenvalue weighted by Crippen LogP contribution is -1.98. The van der Waals surface area contributed by atoms with Crippen LogP contribution in [-0.2, 0) is 14.1 Å². The van der Waals surface area contributed by atoms with Gasteiger partial charge in [-0.3, -0.25) is 0 Å². The Bertz CT molecular complexity index is 698. The van der Waals surface area contributed by atoms with Gasteiger partial charge in [-0.05, 0) is 29.4 Å². The highest BCUT2D eigenvalue weighted by molar-refractivity contribution is 5.23. The second kappa shape index (κ2) is 26.7. The van der Waals surface area contributed by atoms with E-state index in [0.717, 1.165) is 0 Å². The molecular formula is C36H73N3. The summed E-state index contributed by atoms with van der Waals surface area (Å²) < 4.78 is 4.36. The van der Waals surface area contributed by atoms with E-state index in [1.54, 1.807) is 0 Å². The van der Waals surface area contributed by atoms with Crippen LogP contribution in [0.4, 0.5) is 0 Å². The molecule has 2 aromatic rings. The molecule has 0 fully saturated rings. The van der Waals surface area contributed by atoms with Crippen molar-refractivity contribution < 1.29 is 0 Å². The van der Waals surface area contributed by atoms with Crippen molar-refractivity contribution in [2.75, 3.05) is 0 Å². The normalized spacial score (nSPS) is 10.4. The molecule has 0 aromatic carbocycles. The molecule has 0 radical (unpaired) electrons. The summed E-state index contributed by atoms with van der Waals surface area (Å²) in [6.07, 6.45) is 16.6. The Morgan fingerprint density at radius 2 is 1.00 bits per heavy atom. The summed E-state index contributed by atoms with van der Waals surface area (Å²) in [5, 5.41) is 0. The van der Waals surface area contributed by atoms with Crippen LogP contribution in [0.2, 0.25) is 0 Å². The van der Waals surface area contributed by atoms with E-state index < -0.39 is 0 Å². The van der Waals surface area contributed by atoms with E-state index >= 15 is 0 Å². The number of hydrogen-bond donors (Lipinski definition) is 0. The van der Waals surface area contributed by atoms with E-state index in [4.69, 9.17) is 0 Å². The highest BCUT2D eigenvalue weighted by Gasteiger charge is 2.10. The summed E-state index contributed by atoms with van der Waals surface area (Å²) in [4.78, 5) is 4.57. The van der Waals surface area contributed by atoms with E-state index in [0.29, 0.717) is 23.7 Å². The predicted molar refractivity (Wildman–Crippen MR) is 181 cm³/mol. The molecule has 3 nitrogen and oxygen atoms in total. The van der Waals surface area contributed by atoms with Crippen LogP contribution in [0.5, 0.6) is 0 Å². The number of hydrogen-bond acceptors (Lipinski definition) is 1. The van der Waals surface area contributed by atoms with Gasteiger partial charge >= 0.3 is 0 Å². The Labute approximate surface area is 247 Å². The van der Waals surface area contributed by atoms with E-state index in [-0.39, 0.29) is 0 Å². The lowest BCUT2D eigenvalue weighted by Gasteiger charge is -2.04. The van der Waals surface area contributed by atoms with Gasteiger partial charge < -0.3 is 9.13 Å². The molecule has 2 heterocycles. The van der Waals surface area contributed by atoms with Crippen LogP contribution >= 0.6 is 0 Å². The van der Waals surface area contributed by atoms with Crippen LogP contribution in [0.1, 0.15) is 201 Å². The zero-order valence-corrected chi connectivity index (χ0v) is 29.7. The second-order valence-corrected chi connectivity index (χ2v) is 12.1. The summed E-state index contributed by atoms with van der Waals surface area (Å²) in [5.74, 6) is 3.50. The topological polar surface area (TPSA) is 22.8 Å². The first-order valence-corrected chi connectivity index (χ1v) is 16.5. The van der Waals surface area contributed by atoms with Crippen LogP contribution in [0.15, 0.2) is 18.5 Å². The highest BCUT2D eigenvalue weighted by atomic mass is 15.1. The van der Waals surface area contributed by atoms with Gasteiger partial charge in [-0.25, -0.2) is 4.98 Å². The molecule has 2 aromatic heterocycles. The lowest BCUT2D eigenvalue weighted by atomic mass is 10.1. The van der Waals surface area contributed by atoms with Crippen molar-refractivity contribution in [2.45, 2.75) is 178 Å². The summed E-state index contributed by atoms with van der Waals surface area (Å²) in [5.41, 5.74) is 4.07. The van der Waals surface area contributed by atoms with Crippen molar-refractivity contribution in [1.29, 1.82) is 0 Å². The van der Waals surface area contributed by atoms with Crippen LogP contribution in [-0.4, -0.2) is 14.1 Å². The quantitative estimate of drug-likeness (QED) is 0.271. The third kappa shape index (κ3) is 21.9. The molecule has 2 rings (SSSR count). The van der Waals surface area contributed by atoms with Crippen molar-refractivity contribution in [1.82, 2.24) is 14.1 Å². The Hall–Kier alpha value is -1.51. The van der Waals surface area contributed by atoms with E-state index in [2.05, 4.69) is 144 Å². The Morgan fingerprint density at radius 3 is 1.18 bits per heavy atom. The average Bonchev–Trinajstić information content (AvgIpc) is 3.48. The van der Waals surface area contributed by atoms with Gasteiger partial charge in [0.15, 0.2) is 0 Å². The van der Waals surface area contributed by atoms with Gasteiger partial charge in [-0.2, -0.15) is 0 Å². The van der Waals surface area contributed by atoms with Crippen LogP contribution < -0.4 is 0 Å². The number of nitrogens with zero attached hydrogens (tertiary/aromatic N) is 3. The van der Waals surface area contributed by atoms with Crippen molar-refractivity contribution >= 4 is 0 Å². The molecule has 0 amide bonds. The van der Waals surface area contributed by atoms with Gasteiger partial charge in [0.05, 0.1) is 5.69 Å². The summed E-state index contributed by atoms with van der Waals surface area (Å²) in [7, 11) is 4.19. The average molecular weight is 548 g/mol. The molecule has 0 bridgehead atoms. The first-order valence-electron chi connectivity index (χ1n) is 16.5. The van der Waals surface area contributed by atoms with Crippen molar-refractivity contribution in [2.24, 2.45) is 14.1 Å². The minimum atomic E-state index is 0.516. The fraction of sp³-hybridized carbons (Fsp3) is 0.806. The zero-order chi connectivity index (χ0) is 31.0. The highest BCUT2D eigenvalue weighted by Crippen LogP contribution is 2.22. The number of unbranched alkanes of at least 4 members (excludes halogenated alkanes) is 6. The number of imidazole rings is 1. The molecule has 3 heteroatoms. The molecular weight excluding hydrogens is 474 g/mol. The molecule has 0 aliphatic heterocycles. The smallest absolute Gasteiger partial charge is 0.111 e. The van der Waals surface area contributed by atoms with Gasteiger partial charge in [0, 0.05) is 38.1 Å². The second-order valence-electron chi connectivity index (χ2n) is 12.1. The first-order chi connectivity index (χ1) is 18.3. The molecule has 0 atom stereocenters. The zero-order valence-electron chi connectivity index (χ0n) is 29.7. The number of aryl methyl sites for hydroxylation is 2. The first kappa shape index (κ1) is 42.0. The van der Waals surface area contributed by atoms with Crippen molar-refractivity contribution in [3.8, 4) is 0 Å². The molecule has 39 heavy (non-hydrogen) atoms. The number of rotatable bonds is 10. The maximum absolute atomic E-state index is 4.57. The fourth-order valence-corrected chi connectivity index (χ4v) is 3.67. The third-order valence-electron chi connectivity index (χ3n) is 6.53. The Morgan fingerprint density at radius 1 is 0.538 bits per heavy atom. The van der Waals surface area contributed by atoms with Gasteiger partial charge in [0.25, 0.3) is 0 Å². The standard InChI is InChI=1S/C11H19N.C10H18N2.C6H14.C5H12.C4H10/c1-8(2)10-6-11(9(3)4)12(5)7-10;1-7(2)9-6-12(5)10(11-9)8(3)4;1-3-5-6-4-2;1-3-5-4-2;1-3-4-2/h6-9H,1-5H3;6-8H,1-5H3;3-6H2,1-2H3;3-5H2,1-2H3;3-4H2,1-2H3. The molecule has 0 spiro atoms. The molecule has 0 saturated heterocycles. The van der Waals surface area contributed by atoms with Crippen LogP contribution in [0, 0.1) is 0 Å². The van der Waals surface area contributed by atoms with Crippen LogP contribution in [0.3, 0.4) is 0 Å². The SMILES string of the molecule is CC(C)c1cc(C(C)C)n(C)c1.CC(C)c1cn(C)c(C(C)C)n1.CCCC.CCCCC.CCCCCC. The summed E-state index contributed by atoms with van der Waals surface area (Å²) >= 11 is 0. The molecule has 0 unspecified atom stereocenters. The van der Waals surface area contributed by atoms with Crippen LogP contribution in [0.25, 0.3) is 0 Å². The summed E-state index contributed by atoms with van der Waals surface area (Å²) in [6, 6.07) is 2.31. The molecule has 0 aliphatic carbocycles. The van der Waals surface area contributed by atoms with Gasteiger partial charge in [-0.1, -0.05) is 155 Å². The lowest BCUT2D eigenvalue weighted by molar-refractivity contribution is 0.702. The van der Waals surface area contributed by atoms with Gasteiger partial charge in [0.1, 0.15) is 5.82 Å². The number of aromatic nitrogens is 3. The molecule has 0 aliphatic rings. The fourth-order valence-electron chi connectivity index (χ4n) is 3.67. The monoisotopic (exact) mass is 548 g/mol. The van der Waals surface area contributed by atoms with Crippen molar-refractivity contribution in [3.63, 3.8) is 0 Å². The minimum Gasteiger partial charge on any atom is -0.354 e. The Balaban J connectivity index is -0.000000448. The molecule has 0 saturated carbocycles. The molecule has 232 valence electrons.